The average molecular weight is 320 g/mol. The van der Waals surface area contributed by atoms with Crippen molar-refractivity contribution >= 4 is 34.7 Å². The van der Waals surface area contributed by atoms with Crippen molar-refractivity contribution in [3.63, 3.8) is 0 Å². The van der Waals surface area contributed by atoms with E-state index in [1.54, 1.807) is 28.7 Å². The van der Waals surface area contributed by atoms with Gasteiger partial charge in [0, 0.05) is 22.9 Å². The average Bonchev–Trinajstić information content (AvgIpc) is 3.16. The number of hydrogen-bond acceptors (Lipinski definition) is 5. The predicted molar refractivity (Wildman–Crippen MR) is 85.5 cm³/mol. The van der Waals surface area contributed by atoms with E-state index in [-0.39, 0.29) is 11.9 Å². The highest BCUT2D eigenvalue weighted by molar-refractivity contribution is 7.10. The molecule has 1 fully saturated rings. The summed E-state index contributed by atoms with van der Waals surface area (Å²) in [6, 6.07) is 3.89. The second-order valence-corrected chi connectivity index (χ2v) is 6.80. The summed E-state index contributed by atoms with van der Waals surface area (Å²) in [6.45, 7) is 3.68. The molecule has 0 saturated carbocycles. The van der Waals surface area contributed by atoms with Crippen molar-refractivity contribution in [3.05, 3.63) is 44.5 Å². The normalized spacial score (nSPS) is 19.3. The van der Waals surface area contributed by atoms with Gasteiger partial charge in [0.05, 0.1) is 30.0 Å². The maximum absolute atomic E-state index is 12.4. The van der Waals surface area contributed by atoms with E-state index in [4.69, 9.17) is 4.74 Å². The molecule has 2 aromatic rings. The first-order chi connectivity index (χ1) is 10.2. The smallest absolute Gasteiger partial charge is 0.247 e. The van der Waals surface area contributed by atoms with Crippen LogP contribution in [0.5, 0.6) is 0 Å². The Balaban J connectivity index is 1.76. The third-order valence-corrected chi connectivity index (χ3v) is 4.95. The molecule has 0 radical (unpaired) electrons. The minimum absolute atomic E-state index is 0.0161. The lowest BCUT2D eigenvalue weighted by Gasteiger charge is -2.34. The van der Waals surface area contributed by atoms with E-state index in [9.17, 15) is 4.79 Å². The van der Waals surface area contributed by atoms with E-state index in [0.717, 1.165) is 15.6 Å². The molecule has 1 saturated heterocycles. The molecular weight excluding hydrogens is 304 g/mol. The van der Waals surface area contributed by atoms with Gasteiger partial charge in [-0.25, -0.2) is 4.98 Å². The van der Waals surface area contributed by atoms with Gasteiger partial charge in [0.15, 0.2) is 0 Å². The van der Waals surface area contributed by atoms with E-state index in [2.05, 4.69) is 4.98 Å². The molecule has 0 spiro atoms. The quantitative estimate of drug-likeness (QED) is 0.816. The first-order valence-electron chi connectivity index (χ1n) is 6.76. The van der Waals surface area contributed by atoms with Crippen molar-refractivity contribution in [1.29, 1.82) is 0 Å². The van der Waals surface area contributed by atoms with E-state index in [1.807, 2.05) is 40.8 Å². The van der Waals surface area contributed by atoms with E-state index >= 15 is 0 Å². The molecule has 4 nitrogen and oxygen atoms in total. The fraction of sp³-hybridized carbons (Fsp3) is 0.333. The minimum atomic E-state index is -0.0795. The predicted octanol–water partition coefficient (Wildman–Crippen LogP) is 3.13. The van der Waals surface area contributed by atoms with Gasteiger partial charge in [-0.1, -0.05) is 6.07 Å². The van der Waals surface area contributed by atoms with Crippen LogP contribution >= 0.6 is 22.7 Å². The topological polar surface area (TPSA) is 42.4 Å². The molecule has 3 heterocycles. The van der Waals surface area contributed by atoms with Crippen LogP contribution in [0.1, 0.15) is 21.6 Å². The maximum Gasteiger partial charge on any atom is 0.247 e. The SMILES string of the molecule is Cc1nc([C@@H]2COCCN2C(=O)/C=C/c2cccs2)cs1. The third kappa shape index (κ3) is 3.40. The summed E-state index contributed by atoms with van der Waals surface area (Å²) < 4.78 is 5.53. The number of rotatable bonds is 3. The lowest BCUT2D eigenvalue weighted by Crippen LogP contribution is -2.42. The van der Waals surface area contributed by atoms with Gasteiger partial charge in [0.2, 0.25) is 5.91 Å². The Kier molecular flexibility index (Phi) is 4.48. The van der Waals surface area contributed by atoms with Crippen LogP contribution in [0.2, 0.25) is 0 Å². The summed E-state index contributed by atoms with van der Waals surface area (Å²) in [5.74, 6) is 0.0161. The monoisotopic (exact) mass is 320 g/mol. The molecule has 3 rings (SSSR count). The van der Waals surface area contributed by atoms with Crippen molar-refractivity contribution in [3.8, 4) is 0 Å². The van der Waals surface area contributed by atoms with Crippen molar-refractivity contribution in [2.75, 3.05) is 19.8 Å². The Morgan fingerprint density at radius 1 is 1.52 bits per heavy atom. The lowest BCUT2D eigenvalue weighted by molar-refractivity contribution is -0.134. The van der Waals surface area contributed by atoms with Crippen molar-refractivity contribution in [2.45, 2.75) is 13.0 Å². The molecule has 1 aliphatic heterocycles. The summed E-state index contributed by atoms with van der Waals surface area (Å²) in [7, 11) is 0. The van der Waals surface area contributed by atoms with Crippen molar-refractivity contribution < 1.29 is 9.53 Å². The number of thiazole rings is 1. The number of aromatic nitrogens is 1. The molecule has 2 aromatic heterocycles. The van der Waals surface area contributed by atoms with Crippen LogP contribution in [-0.2, 0) is 9.53 Å². The molecule has 0 unspecified atom stereocenters. The molecule has 6 heteroatoms. The Morgan fingerprint density at radius 3 is 3.14 bits per heavy atom. The molecule has 0 aromatic carbocycles. The largest absolute Gasteiger partial charge is 0.377 e. The van der Waals surface area contributed by atoms with Crippen molar-refractivity contribution in [1.82, 2.24) is 9.88 Å². The molecule has 1 atom stereocenters. The lowest BCUT2D eigenvalue weighted by atomic mass is 10.1. The standard InChI is InChI=1S/C15H16N2O2S2/c1-11-16-13(10-21-11)14-9-19-7-6-17(14)15(18)5-4-12-3-2-8-20-12/h2-5,8,10,14H,6-7,9H2,1H3/b5-4+/t14-/m0/s1. The molecular formula is C15H16N2O2S2. The number of hydrogen-bond donors (Lipinski definition) is 0. The van der Waals surface area contributed by atoms with Gasteiger partial charge in [0.1, 0.15) is 0 Å². The number of morpholine rings is 1. The van der Waals surface area contributed by atoms with E-state index in [1.165, 1.54) is 0 Å². The zero-order valence-electron chi connectivity index (χ0n) is 11.7. The van der Waals surface area contributed by atoms with Gasteiger partial charge in [-0.3, -0.25) is 4.79 Å². The zero-order chi connectivity index (χ0) is 14.7. The number of ether oxygens (including phenoxy) is 1. The van der Waals surface area contributed by atoms with Crippen LogP contribution in [0.15, 0.2) is 29.0 Å². The Labute approximate surface area is 131 Å². The molecule has 0 N–H and O–H groups in total. The van der Waals surface area contributed by atoms with Crippen LogP contribution in [0.4, 0.5) is 0 Å². The number of amides is 1. The number of carbonyl (C=O) groups is 1. The van der Waals surface area contributed by atoms with E-state index in [0.29, 0.717) is 19.8 Å². The summed E-state index contributed by atoms with van der Waals surface area (Å²) in [6.07, 6.45) is 3.51. The second-order valence-electron chi connectivity index (χ2n) is 4.76. The second kappa shape index (κ2) is 6.51. The van der Waals surface area contributed by atoms with Gasteiger partial charge < -0.3 is 9.64 Å². The Morgan fingerprint density at radius 2 is 2.43 bits per heavy atom. The van der Waals surface area contributed by atoms with Gasteiger partial charge in [-0.2, -0.15) is 0 Å². The highest BCUT2D eigenvalue weighted by Crippen LogP contribution is 2.26. The van der Waals surface area contributed by atoms with Gasteiger partial charge >= 0.3 is 0 Å². The summed E-state index contributed by atoms with van der Waals surface area (Å²) >= 11 is 3.22. The highest BCUT2D eigenvalue weighted by Gasteiger charge is 2.29. The van der Waals surface area contributed by atoms with Crippen molar-refractivity contribution in [2.24, 2.45) is 0 Å². The van der Waals surface area contributed by atoms with Gasteiger partial charge in [-0.05, 0) is 24.4 Å². The van der Waals surface area contributed by atoms with Crippen LogP contribution in [0, 0.1) is 6.92 Å². The van der Waals surface area contributed by atoms with Crippen LogP contribution in [0.3, 0.4) is 0 Å². The Hall–Kier alpha value is -1.50. The molecule has 0 aliphatic carbocycles. The number of carbonyl (C=O) groups excluding carboxylic acids is 1. The van der Waals surface area contributed by atoms with Crippen LogP contribution < -0.4 is 0 Å². The Bertz CT molecular complexity index is 634. The fourth-order valence-corrected chi connectivity index (χ4v) is 3.56. The minimum Gasteiger partial charge on any atom is -0.377 e. The molecule has 110 valence electrons. The molecule has 21 heavy (non-hydrogen) atoms. The third-order valence-electron chi connectivity index (χ3n) is 3.32. The summed E-state index contributed by atoms with van der Waals surface area (Å²) in [5.41, 5.74) is 0.926. The molecule has 1 amide bonds. The first-order valence-corrected chi connectivity index (χ1v) is 8.52. The number of nitrogens with zero attached hydrogens (tertiary/aromatic N) is 2. The van der Waals surface area contributed by atoms with Gasteiger partial charge in [-0.15, -0.1) is 22.7 Å². The maximum atomic E-state index is 12.4. The van der Waals surface area contributed by atoms with E-state index < -0.39 is 0 Å². The van der Waals surface area contributed by atoms with Gasteiger partial charge in [0.25, 0.3) is 0 Å². The first kappa shape index (κ1) is 14.4. The summed E-state index contributed by atoms with van der Waals surface area (Å²) in [4.78, 5) is 19.9. The molecule has 0 bridgehead atoms. The van der Waals surface area contributed by atoms with Crippen LogP contribution in [0.25, 0.3) is 6.08 Å². The number of aryl methyl sites for hydroxylation is 1. The summed E-state index contributed by atoms with van der Waals surface area (Å²) in [5, 5.41) is 5.02. The van der Waals surface area contributed by atoms with Crippen LogP contribution in [-0.4, -0.2) is 35.5 Å². The fourth-order valence-electron chi connectivity index (χ4n) is 2.28. The molecule has 1 aliphatic rings. The number of thiophene rings is 1. The zero-order valence-corrected chi connectivity index (χ0v) is 13.3. The highest BCUT2D eigenvalue weighted by atomic mass is 32.1.